The molecule has 2 unspecified atom stereocenters. The van der Waals surface area contributed by atoms with Crippen molar-refractivity contribution < 1.29 is 9.47 Å². The number of hydrogen-bond acceptors (Lipinski definition) is 3. The van der Waals surface area contributed by atoms with E-state index in [9.17, 15) is 0 Å². The van der Waals surface area contributed by atoms with Gasteiger partial charge in [0.05, 0.1) is 12.1 Å². The molecular formula is C14H19NO2. The van der Waals surface area contributed by atoms with Gasteiger partial charge in [-0.2, -0.15) is 0 Å². The Bertz CT molecular complexity index is 374. The average Bonchev–Trinajstić information content (AvgIpc) is 2.99. The molecule has 2 atom stereocenters. The van der Waals surface area contributed by atoms with Crippen molar-refractivity contribution in [1.82, 2.24) is 5.32 Å². The predicted molar refractivity (Wildman–Crippen MR) is 66.3 cm³/mol. The third kappa shape index (κ3) is 2.45. The van der Waals surface area contributed by atoms with Crippen molar-refractivity contribution >= 4 is 0 Å². The van der Waals surface area contributed by atoms with E-state index in [1.807, 2.05) is 12.1 Å². The molecular weight excluding hydrogens is 214 g/mol. The summed E-state index contributed by atoms with van der Waals surface area (Å²) in [5, 5.41) is 3.56. The first-order valence-electron chi connectivity index (χ1n) is 6.50. The van der Waals surface area contributed by atoms with E-state index in [2.05, 4.69) is 17.4 Å². The van der Waals surface area contributed by atoms with Gasteiger partial charge in [-0.05, 0) is 31.9 Å². The van der Waals surface area contributed by atoms with Gasteiger partial charge in [-0.25, -0.2) is 0 Å². The van der Waals surface area contributed by atoms with Crippen LogP contribution in [0.1, 0.15) is 30.9 Å². The molecule has 2 heterocycles. The molecule has 0 aliphatic carbocycles. The molecule has 92 valence electrons. The summed E-state index contributed by atoms with van der Waals surface area (Å²) in [6.07, 6.45) is 4.03. The van der Waals surface area contributed by atoms with Gasteiger partial charge in [-0.3, -0.25) is 0 Å². The highest BCUT2D eigenvalue weighted by Crippen LogP contribution is 2.31. The molecule has 1 fully saturated rings. The van der Waals surface area contributed by atoms with Crippen LogP contribution in [0.15, 0.2) is 24.3 Å². The van der Waals surface area contributed by atoms with E-state index < -0.39 is 0 Å². The maximum Gasteiger partial charge on any atom is 0.124 e. The number of rotatable bonds is 4. The van der Waals surface area contributed by atoms with Crippen LogP contribution in [-0.4, -0.2) is 25.9 Å². The molecule has 1 saturated heterocycles. The van der Waals surface area contributed by atoms with E-state index in [-0.39, 0.29) is 0 Å². The Morgan fingerprint density at radius 1 is 1.29 bits per heavy atom. The molecule has 3 nitrogen and oxygen atoms in total. The normalized spacial score (nSPS) is 26.8. The lowest BCUT2D eigenvalue weighted by atomic mass is 10.1. The minimum absolute atomic E-state index is 0.354. The van der Waals surface area contributed by atoms with Crippen molar-refractivity contribution in [3.8, 4) is 5.75 Å². The molecule has 2 aliphatic heterocycles. The first-order chi connectivity index (χ1) is 8.43. The fourth-order valence-corrected chi connectivity index (χ4v) is 2.62. The van der Waals surface area contributed by atoms with Gasteiger partial charge in [0, 0.05) is 12.2 Å². The van der Waals surface area contributed by atoms with Crippen LogP contribution in [0.25, 0.3) is 0 Å². The Morgan fingerprint density at radius 3 is 3.12 bits per heavy atom. The Kier molecular flexibility index (Phi) is 3.29. The SMILES string of the molecule is c1ccc2c(c1)OCC2NCCC1CCCO1. The minimum Gasteiger partial charge on any atom is -0.491 e. The number of ether oxygens (including phenoxy) is 2. The Hall–Kier alpha value is -1.06. The zero-order valence-corrected chi connectivity index (χ0v) is 10.0. The van der Waals surface area contributed by atoms with Crippen LogP contribution in [0, 0.1) is 0 Å². The van der Waals surface area contributed by atoms with Crippen LogP contribution in [0.4, 0.5) is 0 Å². The summed E-state index contributed by atoms with van der Waals surface area (Å²) < 4.78 is 11.3. The highest BCUT2D eigenvalue weighted by molar-refractivity contribution is 5.39. The summed E-state index contributed by atoms with van der Waals surface area (Å²) in [6.45, 7) is 2.71. The van der Waals surface area contributed by atoms with E-state index in [1.165, 1.54) is 18.4 Å². The second kappa shape index (κ2) is 5.07. The van der Waals surface area contributed by atoms with Crippen molar-refractivity contribution in [1.29, 1.82) is 0 Å². The molecule has 0 amide bonds. The number of benzene rings is 1. The molecule has 0 bridgehead atoms. The smallest absolute Gasteiger partial charge is 0.124 e. The fourth-order valence-electron chi connectivity index (χ4n) is 2.62. The minimum atomic E-state index is 0.354. The summed E-state index contributed by atoms with van der Waals surface area (Å²) in [4.78, 5) is 0. The Labute approximate surface area is 102 Å². The second-order valence-corrected chi connectivity index (χ2v) is 4.78. The van der Waals surface area contributed by atoms with E-state index in [0.29, 0.717) is 12.1 Å². The lowest BCUT2D eigenvalue weighted by molar-refractivity contribution is 0.103. The average molecular weight is 233 g/mol. The summed E-state index contributed by atoms with van der Waals surface area (Å²) in [5.41, 5.74) is 1.29. The van der Waals surface area contributed by atoms with E-state index >= 15 is 0 Å². The van der Waals surface area contributed by atoms with Crippen molar-refractivity contribution in [3.63, 3.8) is 0 Å². The summed E-state index contributed by atoms with van der Waals surface area (Å²) in [7, 11) is 0. The van der Waals surface area contributed by atoms with E-state index in [0.717, 1.165) is 31.9 Å². The standard InChI is InChI=1S/C14H19NO2/c1-2-6-14-12(5-1)13(10-17-14)15-8-7-11-4-3-9-16-11/h1-2,5-6,11,13,15H,3-4,7-10H2. The molecule has 0 saturated carbocycles. The lowest BCUT2D eigenvalue weighted by Crippen LogP contribution is -2.26. The quantitative estimate of drug-likeness (QED) is 0.865. The van der Waals surface area contributed by atoms with Gasteiger partial charge in [0.2, 0.25) is 0 Å². The fraction of sp³-hybridized carbons (Fsp3) is 0.571. The first-order valence-corrected chi connectivity index (χ1v) is 6.50. The molecule has 1 N–H and O–H groups in total. The van der Waals surface area contributed by atoms with Gasteiger partial charge in [-0.15, -0.1) is 0 Å². The molecule has 0 aromatic heterocycles. The van der Waals surface area contributed by atoms with Gasteiger partial charge in [0.25, 0.3) is 0 Å². The van der Waals surface area contributed by atoms with Gasteiger partial charge in [0.1, 0.15) is 12.4 Å². The number of hydrogen-bond donors (Lipinski definition) is 1. The first kappa shape index (κ1) is 11.1. The van der Waals surface area contributed by atoms with Crippen LogP contribution in [0.2, 0.25) is 0 Å². The monoisotopic (exact) mass is 233 g/mol. The molecule has 17 heavy (non-hydrogen) atoms. The van der Waals surface area contributed by atoms with Crippen molar-refractivity contribution in [2.45, 2.75) is 31.4 Å². The zero-order valence-electron chi connectivity index (χ0n) is 10.0. The maximum absolute atomic E-state index is 5.64. The highest BCUT2D eigenvalue weighted by Gasteiger charge is 2.23. The second-order valence-electron chi connectivity index (χ2n) is 4.78. The Morgan fingerprint density at radius 2 is 2.24 bits per heavy atom. The summed E-state index contributed by atoms with van der Waals surface area (Å²) >= 11 is 0. The van der Waals surface area contributed by atoms with Crippen molar-refractivity contribution in [2.24, 2.45) is 0 Å². The number of para-hydroxylation sites is 1. The van der Waals surface area contributed by atoms with Gasteiger partial charge in [0.15, 0.2) is 0 Å². The molecule has 3 heteroatoms. The van der Waals surface area contributed by atoms with E-state index in [4.69, 9.17) is 9.47 Å². The van der Waals surface area contributed by atoms with Gasteiger partial charge < -0.3 is 14.8 Å². The highest BCUT2D eigenvalue weighted by atomic mass is 16.5. The van der Waals surface area contributed by atoms with Crippen molar-refractivity contribution in [3.05, 3.63) is 29.8 Å². The Balaban J connectivity index is 1.50. The molecule has 1 aromatic rings. The molecule has 0 spiro atoms. The maximum atomic E-state index is 5.64. The van der Waals surface area contributed by atoms with Gasteiger partial charge in [-0.1, -0.05) is 18.2 Å². The molecule has 2 aliphatic rings. The van der Waals surface area contributed by atoms with Crippen LogP contribution in [0.5, 0.6) is 5.75 Å². The molecule has 1 aromatic carbocycles. The third-order valence-corrected chi connectivity index (χ3v) is 3.58. The topological polar surface area (TPSA) is 30.5 Å². The van der Waals surface area contributed by atoms with E-state index in [1.54, 1.807) is 0 Å². The van der Waals surface area contributed by atoms with Crippen molar-refractivity contribution in [2.75, 3.05) is 19.8 Å². The third-order valence-electron chi connectivity index (χ3n) is 3.58. The summed E-state index contributed by atoms with van der Waals surface area (Å²) in [6, 6.07) is 8.63. The zero-order chi connectivity index (χ0) is 11.5. The van der Waals surface area contributed by atoms with Crippen LogP contribution < -0.4 is 10.1 Å². The van der Waals surface area contributed by atoms with Crippen LogP contribution >= 0.6 is 0 Å². The summed E-state index contributed by atoms with van der Waals surface area (Å²) in [5.74, 6) is 1.03. The predicted octanol–water partition coefficient (Wildman–Crippen LogP) is 2.28. The van der Waals surface area contributed by atoms with Gasteiger partial charge >= 0.3 is 0 Å². The van der Waals surface area contributed by atoms with Crippen LogP contribution in [-0.2, 0) is 4.74 Å². The number of nitrogens with one attached hydrogen (secondary N) is 1. The lowest BCUT2D eigenvalue weighted by Gasteiger charge is -2.14. The molecule has 3 rings (SSSR count). The van der Waals surface area contributed by atoms with Crippen LogP contribution in [0.3, 0.4) is 0 Å². The number of fused-ring (bicyclic) bond motifs is 1. The largest absolute Gasteiger partial charge is 0.491 e. The molecule has 0 radical (unpaired) electrons.